The largest absolute Gasteiger partial charge is 0.496 e. The molecule has 1 fully saturated rings. The van der Waals surface area contributed by atoms with Crippen LogP contribution in [0.15, 0.2) is 24.3 Å². The minimum atomic E-state index is -1.02. The second-order valence-electron chi connectivity index (χ2n) is 8.96. The number of hydrogen-bond donors (Lipinski definition) is 5. The number of amides is 3. The van der Waals surface area contributed by atoms with Crippen molar-refractivity contribution < 1.29 is 29.0 Å². The average molecular weight is 473 g/mol. The van der Waals surface area contributed by atoms with E-state index >= 15 is 0 Å². The molecule has 1 saturated heterocycles. The van der Waals surface area contributed by atoms with Gasteiger partial charge in [0.25, 0.3) is 5.91 Å². The highest BCUT2D eigenvalue weighted by molar-refractivity contribution is 6.02. The van der Waals surface area contributed by atoms with Crippen LogP contribution >= 0.6 is 0 Å². The van der Waals surface area contributed by atoms with Crippen LogP contribution in [0.5, 0.6) is 5.75 Å². The highest BCUT2D eigenvalue weighted by atomic mass is 16.5. The number of aromatic nitrogens is 1. The summed E-state index contributed by atoms with van der Waals surface area (Å²) in [6.45, 7) is 3.59. The Bertz CT molecular complexity index is 1060. The molecule has 0 aliphatic carbocycles. The van der Waals surface area contributed by atoms with E-state index in [1.54, 1.807) is 25.3 Å². The average Bonchev–Trinajstić information content (AvgIpc) is 3.43. The number of carbonyl (C=O) groups excluding carboxylic acids is 4. The van der Waals surface area contributed by atoms with Crippen LogP contribution < -0.4 is 20.7 Å². The van der Waals surface area contributed by atoms with Crippen LogP contribution in [0.2, 0.25) is 0 Å². The Balaban J connectivity index is 1.75. The molecule has 0 saturated carbocycles. The maximum Gasteiger partial charge on any atom is 0.268 e. The molecule has 1 aliphatic rings. The lowest BCUT2D eigenvalue weighted by atomic mass is 9.95. The van der Waals surface area contributed by atoms with Crippen molar-refractivity contribution in [2.24, 2.45) is 11.8 Å². The van der Waals surface area contributed by atoms with Crippen LogP contribution in [0.3, 0.4) is 0 Å². The molecule has 5 N–H and O–H groups in total. The van der Waals surface area contributed by atoms with Crippen molar-refractivity contribution in [2.45, 2.75) is 45.2 Å². The second kappa shape index (κ2) is 11.1. The summed E-state index contributed by atoms with van der Waals surface area (Å²) in [4.78, 5) is 53.4. The van der Waals surface area contributed by atoms with Crippen molar-refractivity contribution in [1.82, 2.24) is 20.9 Å². The smallest absolute Gasteiger partial charge is 0.268 e. The van der Waals surface area contributed by atoms with Crippen LogP contribution in [0.1, 0.15) is 43.6 Å². The third-order valence-electron chi connectivity index (χ3n) is 5.96. The predicted molar refractivity (Wildman–Crippen MR) is 125 cm³/mol. The summed E-state index contributed by atoms with van der Waals surface area (Å²) >= 11 is 0. The third-order valence-corrected chi connectivity index (χ3v) is 5.96. The number of aliphatic hydroxyl groups is 1. The fourth-order valence-electron chi connectivity index (χ4n) is 4.17. The first-order valence-electron chi connectivity index (χ1n) is 11.4. The van der Waals surface area contributed by atoms with E-state index in [0.29, 0.717) is 25.1 Å². The fraction of sp³-hybridized carbons (Fsp3) is 0.500. The maximum atomic E-state index is 13.1. The van der Waals surface area contributed by atoms with Crippen molar-refractivity contribution in [2.75, 3.05) is 20.3 Å². The second-order valence-corrected chi connectivity index (χ2v) is 8.96. The molecule has 184 valence electrons. The number of ether oxygens (including phenoxy) is 1. The monoisotopic (exact) mass is 472 g/mol. The van der Waals surface area contributed by atoms with E-state index in [9.17, 15) is 24.3 Å². The normalized spacial score (nSPS) is 17.3. The first-order chi connectivity index (χ1) is 16.2. The van der Waals surface area contributed by atoms with Crippen LogP contribution in [0.25, 0.3) is 10.9 Å². The van der Waals surface area contributed by atoms with Crippen molar-refractivity contribution >= 4 is 34.4 Å². The number of Topliss-reactive ketones (excluding diaryl/α,β-unsaturated/α-hetero) is 1. The van der Waals surface area contributed by atoms with E-state index < -0.39 is 42.2 Å². The molecule has 1 aromatic carbocycles. The van der Waals surface area contributed by atoms with E-state index in [-0.39, 0.29) is 23.9 Å². The predicted octanol–water partition coefficient (Wildman–Crippen LogP) is 0.893. The van der Waals surface area contributed by atoms with Gasteiger partial charge in [0.1, 0.15) is 24.1 Å². The highest BCUT2D eigenvalue weighted by Crippen LogP contribution is 2.26. The summed E-state index contributed by atoms with van der Waals surface area (Å²) in [5, 5.41) is 18.2. The molecule has 3 rings (SSSR count). The molecule has 0 spiro atoms. The summed E-state index contributed by atoms with van der Waals surface area (Å²) in [7, 11) is 1.55. The zero-order chi connectivity index (χ0) is 24.8. The number of ketones is 1. The number of methoxy groups -OCH3 is 1. The standard InChI is InChI=1S/C24H32N4O6/c1-13(2)9-18(23(32)27-17(20(30)12-29)10-14-7-8-25-22(14)31)28-24(33)19-11-15-16(26-19)5-4-6-21(15)34-3/h4-6,11,13-14,17-18,26,29H,7-10,12H2,1-3H3,(H,25,31)(H,27,32)(H,28,33)/t14-,17?,18?/m0/s1. The molecular formula is C24H32N4O6. The number of H-pyrrole nitrogens is 1. The Kier molecular flexibility index (Phi) is 8.27. The van der Waals surface area contributed by atoms with Gasteiger partial charge in [-0.25, -0.2) is 0 Å². The van der Waals surface area contributed by atoms with Crippen molar-refractivity contribution in [3.63, 3.8) is 0 Å². The number of rotatable bonds is 11. The number of aromatic amines is 1. The van der Waals surface area contributed by atoms with Crippen LogP contribution in [-0.4, -0.2) is 65.9 Å². The van der Waals surface area contributed by atoms with Gasteiger partial charge in [-0.3, -0.25) is 19.2 Å². The molecule has 2 heterocycles. The molecule has 3 atom stereocenters. The van der Waals surface area contributed by atoms with Gasteiger partial charge in [-0.15, -0.1) is 0 Å². The Labute approximate surface area is 197 Å². The SMILES string of the molecule is COc1cccc2[nH]c(C(=O)NC(CC(C)C)C(=O)NC(C[C@@H]3CCNC3=O)C(=O)CO)cc12. The Hall–Kier alpha value is -3.40. The van der Waals surface area contributed by atoms with Crippen molar-refractivity contribution in [3.8, 4) is 5.75 Å². The first kappa shape index (κ1) is 25.2. The minimum absolute atomic E-state index is 0.0754. The zero-order valence-electron chi connectivity index (χ0n) is 19.6. The summed E-state index contributed by atoms with van der Waals surface area (Å²) in [6, 6.07) is 5.14. The first-order valence-corrected chi connectivity index (χ1v) is 11.4. The third kappa shape index (κ3) is 5.93. The summed E-state index contributed by atoms with van der Waals surface area (Å²) in [6.07, 6.45) is 0.992. The van der Waals surface area contributed by atoms with Crippen molar-refractivity contribution in [3.05, 3.63) is 30.0 Å². The summed E-state index contributed by atoms with van der Waals surface area (Å²) < 4.78 is 5.33. The van der Waals surface area contributed by atoms with Gasteiger partial charge in [-0.2, -0.15) is 0 Å². The summed E-state index contributed by atoms with van der Waals surface area (Å²) in [5.74, 6) is -1.49. The summed E-state index contributed by atoms with van der Waals surface area (Å²) in [5.41, 5.74) is 0.990. The highest BCUT2D eigenvalue weighted by Gasteiger charge is 2.33. The zero-order valence-corrected chi connectivity index (χ0v) is 19.6. The van der Waals surface area contributed by atoms with Gasteiger partial charge in [-0.05, 0) is 43.4 Å². The molecule has 2 aromatic rings. The molecule has 10 nitrogen and oxygen atoms in total. The molecule has 1 aromatic heterocycles. The molecule has 1 aliphatic heterocycles. The minimum Gasteiger partial charge on any atom is -0.496 e. The van der Waals surface area contributed by atoms with E-state index in [1.807, 2.05) is 19.9 Å². The lowest BCUT2D eigenvalue weighted by Crippen LogP contribution is -2.53. The van der Waals surface area contributed by atoms with E-state index in [0.717, 1.165) is 10.9 Å². The molecule has 0 radical (unpaired) electrons. The number of fused-ring (bicyclic) bond motifs is 1. The topological polar surface area (TPSA) is 150 Å². The Morgan fingerprint density at radius 1 is 1.21 bits per heavy atom. The van der Waals surface area contributed by atoms with Gasteiger partial charge in [0.15, 0.2) is 5.78 Å². The van der Waals surface area contributed by atoms with Gasteiger partial charge in [0, 0.05) is 23.4 Å². The quantitative estimate of drug-likeness (QED) is 0.328. The molecule has 2 unspecified atom stereocenters. The van der Waals surface area contributed by atoms with E-state index in [2.05, 4.69) is 20.9 Å². The molecule has 34 heavy (non-hydrogen) atoms. The van der Waals surface area contributed by atoms with E-state index in [4.69, 9.17) is 4.74 Å². The lowest BCUT2D eigenvalue weighted by Gasteiger charge is -2.24. The Morgan fingerprint density at radius 2 is 1.97 bits per heavy atom. The van der Waals surface area contributed by atoms with Gasteiger partial charge in [-0.1, -0.05) is 19.9 Å². The van der Waals surface area contributed by atoms with Gasteiger partial charge < -0.3 is 30.8 Å². The number of aliphatic hydroxyl groups excluding tert-OH is 1. The number of benzene rings is 1. The maximum absolute atomic E-state index is 13.1. The van der Waals surface area contributed by atoms with Gasteiger partial charge in [0.2, 0.25) is 11.8 Å². The number of carbonyl (C=O) groups is 4. The molecule has 3 amide bonds. The van der Waals surface area contributed by atoms with Gasteiger partial charge in [0.05, 0.1) is 13.2 Å². The molecule has 10 heteroatoms. The molecule has 0 bridgehead atoms. The lowest BCUT2D eigenvalue weighted by molar-refractivity contribution is -0.131. The van der Waals surface area contributed by atoms with Crippen molar-refractivity contribution in [1.29, 1.82) is 0 Å². The fourth-order valence-corrected chi connectivity index (χ4v) is 4.17. The van der Waals surface area contributed by atoms with Gasteiger partial charge >= 0.3 is 0 Å². The molecular weight excluding hydrogens is 440 g/mol. The van der Waals surface area contributed by atoms with E-state index in [1.165, 1.54) is 0 Å². The Morgan fingerprint density at radius 3 is 2.59 bits per heavy atom. The number of hydrogen-bond acceptors (Lipinski definition) is 6. The van der Waals surface area contributed by atoms with Crippen LogP contribution in [0, 0.1) is 11.8 Å². The van der Waals surface area contributed by atoms with Crippen LogP contribution in [0.4, 0.5) is 0 Å². The number of nitrogens with one attached hydrogen (secondary N) is 4. The van der Waals surface area contributed by atoms with Crippen LogP contribution in [-0.2, 0) is 14.4 Å².